The van der Waals surface area contributed by atoms with Crippen molar-refractivity contribution in [1.82, 2.24) is 5.09 Å². The summed E-state index contributed by atoms with van der Waals surface area (Å²) in [6.45, 7) is 4.24. The van der Waals surface area contributed by atoms with Crippen LogP contribution in [0.5, 0.6) is 0 Å². The molecule has 0 aromatic heterocycles. The Morgan fingerprint density at radius 2 is 1.28 bits per heavy atom. The fourth-order valence-electron chi connectivity index (χ4n) is 3.15. The van der Waals surface area contributed by atoms with Crippen LogP contribution in [0.15, 0.2) is 84.9 Å². The van der Waals surface area contributed by atoms with E-state index in [0.29, 0.717) is 0 Å². The standard InChI is InChI=1S/C22H24NOP/c1-3-22(21-17-11-10-12-18(21)2)23-25(24,19-13-6-4-7-14-19)20-15-8-5-9-16-20/h4-17,22H,3H2,1-2H3,(H,23,24). The number of hydrogen-bond donors (Lipinski definition) is 1. The van der Waals surface area contributed by atoms with Gasteiger partial charge in [0.2, 0.25) is 7.29 Å². The summed E-state index contributed by atoms with van der Waals surface area (Å²) < 4.78 is 14.2. The quantitative estimate of drug-likeness (QED) is 0.637. The highest BCUT2D eigenvalue weighted by Crippen LogP contribution is 2.42. The third kappa shape index (κ3) is 3.76. The first-order chi connectivity index (χ1) is 12.1. The summed E-state index contributed by atoms with van der Waals surface area (Å²) in [5.41, 5.74) is 2.42. The molecule has 0 radical (unpaired) electrons. The van der Waals surface area contributed by atoms with Gasteiger partial charge in [0.05, 0.1) is 0 Å². The lowest BCUT2D eigenvalue weighted by molar-refractivity contribution is 0.555. The third-order valence-corrected chi connectivity index (χ3v) is 7.28. The smallest absolute Gasteiger partial charge is 0.205 e. The van der Waals surface area contributed by atoms with Gasteiger partial charge in [-0.3, -0.25) is 9.65 Å². The van der Waals surface area contributed by atoms with Crippen LogP contribution in [-0.4, -0.2) is 0 Å². The lowest BCUT2D eigenvalue weighted by Crippen LogP contribution is -2.30. The molecule has 0 saturated carbocycles. The normalized spacial score (nSPS) is 12.7. The summed E-state index contributed by atoms with van der Waals surface area (Å²) in [6.07, 6.45) is 0.870. The molecule has 0 heterocycles. The van der Waals surface area contributed by atoms with E-state index in [2.05, 4.69) is 31.1 Å². The van der Waals surface area contributed by atoms with Gasteiger partial charge in [-0.25, -0.2) is 0 Å². The summed E-state index contributed by atoms with van der Waals surface area (Å²) in [7, 11) is -2.93. The van der Waals surface area contributed by atoms with Gasteiger partial charge in [0.25, 0.3) is 0 Å². The maximum Gasteiger partial charge on any atom is 0.205 e. The number of hydrogen-bond acceptors (Lipinski definition) is 1. The maximum atomic E-state index is 14.2. The van der Waals surface area contributed by atoms with Crippen LogP contribution < -0.4 is 15.7 Å². The van der Waals surface area contributed by atoms with E-state index in [1.54, 1.807) is 0 Å². The first kappa shape index (κ1) is 17.7. The molecule has 0 saturated heterocycles. The first-order valence-electron chi connectivity index (χ1n) is 8.69. The van der Waals surface area contributed by atoms with Gasteiger partial charge in [-0.05, 0) is 48.7 Å². The van der Waals surface area contributed by atoms with Crippen LogP contribution in [0, 0.1) is 6.92 Å². The maximum absolute atomic E-state index is 14.2. The monoisotopic (exact) mass is 349 g/mol. The number of benzene rings is 3. The Bertz CT molecular complexity index is 818. The van der Waals surface area contributed by atoms with Gasteiger partial charge in [0.15, 0.2) is 0 Å². The number of nitrogens with one attached hydrogen (secondary N) is 1. The summed E-state index contributed by atoms with van der Waals surface area (Å²) in [5, 5.41) is 5.21. The van der Waals surface area contributed by atoms with Crippen LogP contribution in [0.4, 0.5) is 0 Å². The second-order valence-corrected chi connectivity index (χ2v) is 8.74. The average molecular weight is 349 g/mol. The highest BCUT2D eigenvalue weighted by Gasteiger charge is 2.30. The van der Waals surface area contributed by atoms with Crippen LogP contribution in [0.25, 0.3) is 0 Å². The van der Waals surface area contributed by atoms with E-state index in [-0.39, 0.29) is 6.04 Å². The van der Waals surface area contributed by atoms with Gasteiger partial charge in [0.1, 0.15) is 0 Å². The molecule has 3 heteroatoms. The highest BCUT2D eigenvalue weighted by atomic mass is 31.2. The van der Waals surface area contributed by atoms with Gasteiger partial charge in [-0.15, -0.1) is 0 Å². The molecule has 1 unspecified atom stereocenters. The molecular weight excluding hydrogens is 325 g/mol. The van der Waals surface area contributed by atoms with Gasteiger partial charge in [-0.2, -0.15) is 0 Å². The molecule has 25 heavy (non-hydrogen) atoms. The lowest BCUT2D eigenvalue weighted by atomic mass is 10.0. The van der Waals surface area contributed by atoms with E-state index in [0.717, 1.165) is 17.0 Å². The van der Waals surface area contributed by atoms with Gasteiger partial charge in [-0.1, -0.05) is 67.6 Å². The SMILES string of the molecule is CCC(NP(=O)(c1ccccc1)c1ccccc1)c1ccccc1C. The Morgan fingerprint density at radius 3 is 1.76 bits per heavy atom. The van der Waals surface area contributed by atoms with Crippen molar-refractivity contribution in [1.29, 1.82) is 0 Å². The summed E-state index contributed by atoms with van der Waals surface area (Å²) in [6, 6.07) is 27.8. The molecule has 0 aliphatic rings. The Kier molecular flexibility index (Phi) is 5.53. The average Bonchev–Trinajstić information content (AvgIpc) is 2.68. The van der Waals surface area contributed by atoms with Crippen molar-refractivity contribution in [2.24, 2.45) is 0 Å². The molecule has 3 aromatic carbocycles. The molecule has 0 aliphatic carbocycles. The summed E-state index contributed by atoms with van der Waals surface area (Å²) >= 11 is 0. The minimum absolute atomic E-state index is 0.0347. The van der Waals surface area contributed by atoms with Crippen LogP contribution in [0.1, 0.15) is 30.5 Å². The molecular formula is C22H24NOP. The lowest BCUT2D eigenvalue weighted by Gasteiger charge is -2.27. The van der Waals surface area contributed by atoms with Crippen LogP contribution >= 0.6 is 7.29 Å². The third-order valence-electron chi connectivity index (χ3n) is 4.55. The summed E-state index contributed by atoms with van der Waals surface area (Å²) in [5.74, 6) is 0. The molecule has 128 valence electrons. The van der Waals surface area contributed by atoms with Gasteiger partial charge >= 0.3 is 0 Å². The molecule has 0 bridgehead atoms. The minimum atomic E-state index is -2.93. The largest absolute Gasteiger partial charge is 0.297 e. The zero-order valence-corrected chi connectivity index (χ0v) is 15.6. The van der Waals surface area contributed by atoms with Crippen LogP contribution in [0.3, 0.4) is 0 Å². The second kappa shape index (κ2) is 7.82. The van der Waals surface area contributed by atoms with E-state index in [1.807, 2.05) is 72.8 Å². The molecule has 0 spiro atoms. The van der Waals surface area contributed by atoms with Crippen molar-refractivity contribution in [2.75, 3.05) is 0 Å². The molecule has 0 aliphatic heterocycles. The van der Waals surface area contributed by atoms with E-state index in [9.17, 15) is 4.57 Å². The highest BCUT2D eigenvalue weighted by molar-refractivity contribution is 7.76. The van der Waals surface area contributed by atoms with Crippen molar-refractivity contribution in [3.8, 4) is 0 Å². The summed E-state index contributed by atoms with van der Waals surface area (Å²) in [4.78, 5) is 0. The second-order valence-electron chi connectivity index (χ2n) is 6.23. The molecule has 2 nitrogen and oxygen atoms in total. The van der Waals surface area contributed by atoms with E-state index < -0.39 is 7.29 Å². The Balaban J connectivity index is 2.07. The van der Waals surface area contributed by atoms with E-state index >= 15 is 0 Å². The molecule has 3 rings (SSSR count). The minimum Gasteiger partial charge on any atom is -0.297 e. The Morgan fingerprint density at radius 1 is 0.800 bits per heavy atom. The van der Waals surface area contributed by atoms with E-state index in [4.69, 9.17) is 0 Å². The zero-order chi connectivity index (χ0) is 17.7. The van der Waals surface area contributed by atoms with Crippen molar-refractivity contribution in [3.05, 3.63) is 96.1 Å². The van der Waals surface area contributed by atoms with Crippen molar-refractivity contribution in [2.45, 2.75) is 26.3 Å². The van der Waals surface area contributed by atoms with Gasteiger partial charge < -0.3 is 0 Å². The van der Waals surface area contributed by atoms with Crippen molar-refractivity contribution < 1.29 is 4.57 Å². The Labute approximate surface area is 150 Å². The predicted molar refractivity (Wildman–Crippen MR) is 107 cm³/mol. The molecule has 0 amide bonds. The van der Waals surface area contributed by atoms with Gasteiger partial charge in [0, 0.05) is 16.7 Å². The molecule has 3 aromatic rings. The molecule has 1 N–H and O–H groups in total. The number of rotatable bonds is 6. The van der Waals surface area contributed by atoms with Crippen LogP contribution in [-0.2, 0) is 4.57 Å². The van der Waals surface area contributed by atoms with E-state index in [1.165, 1.54) is 11.1 Å². The number of aryl methyl sites for hydroxylation is 1. The topological polar surface area (TPSA) is 29.1 Å². The predicted octanol–water partition coefficient (Wildman–Crippen LogP) is 4.96. The van der Waals surface area contributed by atoms with Crippen LogP contribution in [0.2, 0.25) is 0 Å². The fourth-order valence-corrected chi connectivity index (χ4v) is 5.69. The van der Waals surface area contributed by atoms with Crippen molar-refractivity contribution >= 4 is 17.9 Å². The molecule has 0 fully saturated rings. The Hall–Kier alpha value is -2.15. The van der Waals surface area contributed by atoms with Crippen molar-refractivity contribution in [3.63, 3.8) is 0 Å². The fraction of sp³-hybridized carbons (Fsp3) is 0.182. The molecule has 1 atom stereocenters. The first-order valence-corrected chi connectivity index (χ1v) is 10.4. The zero-order valence-electron chi connectivity index (χ0n) is 14.7.